The van der Waals surface area contributed by atoms with Gasteiger partial charge in [0.05, 0.1) is 45.8 Å². The van der Waals surface area contributed by atoms with Gasteiger partial charge in [0.1, 0.15) is 36.4 Å². The van der Waals surface area contributed by atoms with Crippen molar-refractivity contribution >= 4 is 23.2 Å². The van der Waals surface area contributed by atoms with Crippen molar-refractivity contribution in [3.8, 4) is 11.5 Å². The van der Waals surface area contributed by atoms with E-state index in [0.717, 1.165) is 17.7 Å². The highest BCUT2D eigenvalue weighted by Crippen LogP contribution is 2.58. The van der Waals surface area contributed by atoms with Crippen LogP contribution >= 0.6 is 7.26 Å². The zero-order valence-corrected chi connectivity index (χ0v) is 23.1. The maximum Gasteiger partial charge on any atom is 0.161 e. The lowest BCUT2D eigenvalue weighted by Crippen LogP contribution is -2.32. The van der Waals surface area contributed by atoms with Crippen molar-refractivity contribution in [1.29, 1.82) is 0 Å². The largest absolute Gasteiger partial charge is 0.487 e. The fourth-order valence-corrected chi connectivity index (χ4v) is 9.12. The third-order valence-electron chi connectivity index (χ3n) is 6.73. The molecule has 0 fully saturated rings. The van der Waals surface area contributed by atoms with Gasteiger partial charge in [-0.3, -0.25) is 0 Å². The van der Waals surface area contributed by atoms with Gasteiger partial charge in [-0.1, -0.05) is 60.7 Å². The summed E-state index contributed by atoms with van der Waals surface area (Å²) in [6.45, 7) is 4.03. The Balaban J connectivity index is 1.52. The molecule has 0 N–H and O–H groups in total. The first kappa shape index (κ1) is 27.4. The molecule has 6 heteroatoms. The second kappa shape index (κ2) is 14.3. The van der Waals surface area contributed by atoms with Gasteiger partial charge in [0.2, 0.25) is 0 Å². The molecule has 0 aromatic heterocycles. The van der Waals surface area contributed by atoms with E-state index in [9.17, 15) is 0 Å². The van der Waals surface area contributed by atoms with Crippen molar-refractivity contribution in [2.75, 3.05) is 52.9 Å². The minimum atomic E-state index is -2.03. The monoisotopic (exact) mass is 543 g/mol. The first-order chi connectivity index (χ1) is 19.4. The maximum absolute atomic E-state index is 6.22. The highest BCUT2D eigenvalue weighted by Gasteiger charge is 2.45. The average molecular weight is 544 g/mol. The summed E-state index contributed by atoms with van der Waals surface area (Å²) in [5, 5.41) is 4.05. The third kappa shape index (κ3) is 7.06. The summed E-state index contributed by atoms with van der Waals surface area (Å²) in [6.07, 6.45) is 0.860. The van der Waals surface area contributed by atoms with Gasteiger partial charge in [0.25, 0.3) is 0 Å². The SMILES string of the molecule is c1ccc([P+](Cc2ccc3c(c2)OCCOCCOCCOCCO3)(c2ccccc2)c2ccccc2)cc1. The second-order valence-corrected chi connectivity index (χ2v) is 12.8. The lowest BCUT2D eigenvalue weighted by Gasteiger charge is -2.28. The molecule has 202 valence electrons. The Morgan fingerprint density at radius 3 is 1.31 bits per heavy atom. The lowest BCUT2D eigenvalue weighted by molar-refractivity contribution is 0.00708. The van der Waals surface area contributed by atoms with Crippen molar-refractivity contribution in [1.82, 2.24) is 0 Å². The molecule has 39 heavy (non-hydrogen) atoms. The van der Waals surface area contributed by atoms with Crippen molar-refractivity contribution < 1.29 is 23.7 Å². The van der Waals surface area contributed by atoms with Crippen LogP contribution in [0.3, 0.4) is 0 Å². The summed E-state index contributed by atoms with van der Waals surface area (Å²) >= 11 is 0. The van der Waals surface area contributed by atoms with E-state index in [1.807, 2.05) is 6.07 Å². The van der Waals surface area contributed by atoms with Crippen molar-refractivity contribution in [3.05, 3.63) is 115 Å². The fraction of sp³-hybridized carbons (Fsp3) is 0.273. The molecule has 0 unspecified atom stereocenters. The van der Waals surface area contributed by atoms with Gasteiger partial charge in [-0.15, -0.1) is 0 Å². The molecule has 0 saturated heterocycles. The lowest BCUT2D eigenvalue weighted by atomic mass is 10.2. The topological polar surface area (TPSA) is 46.2 Å². The van der Waals surface area contributed by atoms with Crippen molar-refractivity contribution in [2.45, 2.75) is 6.16 Å². The first-order valence-electron chi connectivity index (χ1n) is 13.5. The Bertz CT molecular complexity index is 1170. The number of fused-ring (bicyclic) bond motifs is 1. The normalized spacial score (nSPS) is 15.6. The van der Waals surface area contributed by atoms with Gasteiger partial charge in [0.15, 0.2) is 11.5 Å². The van der Waals surface area contributed by atoms with Gasteiger partial charge in [0, 0.05) is 0 Å². The van der Waals surface area contributed by atoms with Gasteiger partial charge in [-0.25, -0.2) is 0 Å². The molecule has 0 amide bonds. The molecule has 5 rings (SSSR count). The summed E-state index contributed by atoms with van der Waals surface area (Å²) < 4.78 is 29.1. The van der Waals surface area contributed by atoms with Crippen LogP contribution in [0.2, 0.25) is 0 Å². The molecular weight excluding hydrogens is 507 g/mol. The number of rotatable bonds is 5. The Morgan fingerprint density at radius 2 is 0.846 bits per heavy atom. The smallest absolute Gasteiger partial charge is 0.161 e. The molecule has 0 aliphatic carbocycles. The Kier molecular flexibility index (Phi) is 10.00. The van der Waals surface area contributed by atoms with E-state index in [-0.39, 0.29) is 0 Å². The Labute approximate surface area is 232 Å². The minimum absolute atomic E-state index is 0.437. The Hall–Kier alpha value is -3.21. The summed E-state index contributed by atoms with van der Waals surface area (Å²) in [6, 6.07) is 39.1. The van der Waals surface area contributed by atoms with Crippen LogP contribution < -0.4 is 25.4 Å². The molecule has 0 spiro atoms. The molecule has 0 radical (unpaired) electrons. The number of hydrogen-bond acceptors (Lipinski definition) is 5. The van der Waals surface area contributed by atoms with Crippen LogP contribution in [0.25, 0.3) is 0 Å². The minimum Gasteiger partial charge on any atom is -0.487 e. The van der Waals surface area contributed by atoms with Gasteiger partial charge in [-0.2, -0.15) is 0 Å². The van der Waals surface area contributed by atoms with Crippen LogP contribution in [-0.4, -0.2) is 52.9 Å². The van der Waals surface area contributed by atoms with Crippen molar-refractivity contribution in [2.24, 2.45) is 0 Å². The third-order valence-corrected chi connectivity index (χ3v) is 11.1. The molecule has 1 aliphatic heterocycles. The Morgan fingerprint density at radius 1 is 0.436 bits per heavy atom. The van der Waals surface area contributed by atoms with E-state index >= 15 is 0 Å². The van der Waals surface area contributed by atoms with E-state index in [2.05, 4.69) is 103 Å². The molecule has 1 heterocycles. The molecule has 0 saturated carbocycles. The van der Waals surface area contributed by atoms with Crippen molar-refractivity contribution in [3.63, 3.8) is 0 Å². The van der Waals surface area contributed by atoms with E-state index in [4.69, 9.17) is 23.7 Å². The molecule has 4 aromatic carbocycles. The predicted molar refractivity (Wildman–Crippen MR) is 159 cm³/mol. The second-order valence-electron chi connectivity index (χ2n) is 9.29. The summed E-state index contributed by atoms with van der Waals surface area (Å²) in [7, 11) is -2.03. The van der Waals surface area contributed by atoms with Crippen LogP contribution in [0.1, 0.15) is 5.56 Å². The van der Waals surface area contributed by atoms with E-state index in [0.29, 0.717) is 52.9 Å². The summed E-state index contributed by atoms with van der Waals surface area (Å²) in [5.41, 5.74) is 1.20. The number of benzene rings is 4. The fourth-order valence-electron chi connectivity index (χ4n) is 4.89. The maximum atomic E-state index is 6.22. The molecular formula is C33H36O5P+. The van der Waals surface area contributed by atoms with Crippen LogP contribution in [0.5, 0.6) is 11.5 Å². The molecule has 0 bridgehead atoms. The number of hydrogen-bond donors (Lipinski definition) is 0. The van der Waals surface area contributed by atoms with Crippen LogP contribution in [-0.2, 0) is 20.4 Å². The molecule has 5 nitrogen and oxygen atoms in total. The molecule has 4 aromatic rings. The van der Waals surface area contributed by atoms with Crippen LogP contribution in [0.4, 0.5) is 0 Å². The van der Waals surface area contributed by atoms with Gasteiger partial charge < -0.3 is 23.7 Å². The van der Waals surface area contributed by atoms with Crippen LogP contribution in [0.15, 0.2) is 109 Å². The quantitative estimate of drug-likeness (QED) is 0.332. The van der Waals surface area contributed by atoms with E-state index in [1.165, 1.54) is 21.5 Å². The highest BCUT2D eigenvalue weighted by molar-refractivity contribution is 7.95. The summed E-state index contributed by atoms with van der Waals surface area (Å²) in [4.78, 5) is 0. The van der Waals surface area contributed by atoms with Gasteiger partial charge in [-0.05, 0) is 54.1 Å². The first-order valence-corrected chi connectivity index (χ1v) is 15.5. The predicted octanol–water partition coefficient (Wildman–Crippen LogP) is 5.00. The van der Waals surface area contributed by atoms with Crippen LogP contribution in [0, 0.1) is 0 Å². The number of ether oxygens (including phenoxy) is 5. The highest BCUT2D eigenvalue weighted by atomic mass is 31.2. The standard InChI is InChI=1S/C33H36O5P/c1-4-10-29(11-5-1)39(30-12-6-2-7-13-30,31-14-8-3-9-15-31)27-28-16-17-32-33(26-28)38-25-23-36-21-19-34-18-20-35-22-24-37-32/h1-17,26H,18-25,27H2/q+1. The van der Waals surface area contributed by atoms with E-state index < -0.39 is 7.26 Å². The zero-order chi connectivity index (χ0) is 26.6. The average Bonchev–Trinajstić information content (AvgIpc) is 3.01. The van der Waals surface area contributed by atoms with Gasteiger partial charge >= 0.3 is 0 Å². The van der Waals surface area contributed by atoms with E-state index in [1.54, 1.807) is 0 Å². The molecule has 1 aliphatic rings. The molecule has 0 atom stereocenters. The summed E-state index contributed by atoms with van der Waals surface area (Å²) in [5.74, 6) is 1.45. The zero-order valence-electron chi connectivity index (χ0n) is 22.2.